The zero-order valence-electron chi connectivity index (χ0n) is 11.9. The van der Waals surface area contributed by atoms with Gasteiger partial charge >= 0.3 is 0 Å². The Morgan fingerprint density at radius 1 is 1.40 bits per heavy atom. The first-order valence-electron chi connectivity index (χ1n) is 7.16. The van der Waals surface area contributed by atoms with Gasteiger partial charge in [0.2, 0.25) is 10.0 Å². The molecule has 0 spiro atoms. The maximum atomic E-state index is 12.2. The molecule has 1 aliphatic heterocycles. The van der Waals surface area contributed by atoms with E-state index in [4.69, 9.17) is 4.74 Å². The summed E-state index contributed by atoms with van der Waals surface area (Å²) in [6.07, 6.45) is 6.63. The molecule has 20 heavy (non-hydrogen) atoms. The molecule has 0 radical (unpaired) electrons. The molecule has 0 aromatic carbocycles. The molecule has 1 saturated heterocycles. The molecule has 6 heteroatoms. The molecule has 112 valence electrons. The Morgan fingerprint density at radius 2 is 2.15 bits per heavy atom. The zero-order valence-corrected chi connectivity index (χ0v) is 12.7. The predicted octanol–water partition coefficient (Wildman–Crippen LogP) is 2.05. The van der Waals surface area contributed by atoms with Gasteiger partial charge in [-0.15, -0.1) is 0 Å². The minimum atomic E-state index is -3.13. The Morgan fingerprint density at radius 3 is 2.85 bits per heavy atom. The van der Waals surface area contributed by atoms with E-state index in [1.54, 1.807) is 28.8 Å². The van der Waals surface area contributed by atoms with E-state index in [0.29, 0.717) is 19.5 Å². The van der Waals surface area contributed by atoms with E-state index in [1.165, 1.54) is 0 Å². The minimum absolute atomic E-state index is 0.0671. The molecule has 2 rings (SSSR count). The maximum absolute atomic E-state index is 12.2. The molecule has 1 atom stereocenters. The van der Waals surface area contributed by atoms with Crippen LogP contribution >= 0.6 is 0 Å². The standard InChI is InChI=1S/C14H22N2O3S/c1-2-3-11-20(17,18)16-10-4-5-14(12-16)19-13-6-8-15-9-7-13/h6-9,14H,2-5,10-12H2,1H3/t14-/m0/s1. The van der Waals surface area contributed by atoms with Crippen molar-refractivity contribution in [1.82, 2.24) is 9.29 Å². The highest BCUT2D eigenvalue weighted by molar-refractivity contribution is 7.89. The van der Waals surface area contributed by atoms with Crippen LogP contribution in [0.1, 0.15) is 32.6 Å². The Kier molecular flexibility index (Phi) is 5.37. The summed E-state index contributed by atoms with van der Waals surface area (Å²) >= 11 is 0. The number of sulfonamides is 1. The number of piperidine rings is 1. The van der Waals surface area contributed by atoms with E-state index in [2.05, 4.69) is 4.98 Å². The third-order valence-electron chi connectivity index (χ3n) is 3.44. The highest BCUT2D eigenvalue weighted by Gasteiger charge is 2.29. The Bertz CT molecular complexity index is 504. The van der Waals surface area contributed by atoms with Gasteiger partial charge in [-0.1, -0.05) is 13.3 Å². The van der Waals surface area contributed by atoms with Crippen molar-refractivity contribution in [2.45, 2.75) is 38.7 Å². The second kappa shape index (κ2) is 7.04. The average Bonchev–Trinajstić information content (AvgIpc) is 2.47. The van der Waals surface area contributed by atoms with Gasteiger partial charge in [0.25, 0.3) is 0 Å². The van der Waals surface area contributed by atoms with Crippen LogP contribution < -0.4 is 4.74 Å². The number of nitrogens with zero attached hydrogens (tertiary/aromatic N) is 2. The van der Waals surface area contributed by atoms with Crippen LogP contribution in [-0.4, -0.2) is 42.7 Å². The van der Waals surface area contributed by atoms with Crippen molar-refractivity contribution in [1.29, 1.82) is 0 Å². The van der Waals surface area contributed by atoms with Gasteiger partial charge in [-0.2, -0.15) is 4.31 Å². The van der Waals surface area contributed by atoms with Crippen molar-refractivity contribution in [2.24, 2.45) is 0 Å². The van der Waals surface area contributed by atoms with Gasteiger partial charge in [0, 0.05) is 18.9 Å². The van der Waals surface area contributed by atoms with Crippen molar-refractivity contribution in [3.05, 3.63) is 24.5 Å². The number of rotatable bonds is 6. The van der Waals surface area contributed by atoms with E-state index in [-0.39, 0.29) is 11.9 Å². The molecule has 0 unspecified atom stereocenters. The first kappa shape index (κ1) is 15.3. The lowest BCUT2D eigenvalue weighted by Crippen LogP contribution is -2.45. The second-order valence-corrected chi connectivity index (χ2v) is 7.18. The van der Waals surface area contributed by atoms with Gasteiger partial charge in [0.15, 0.2) is 0 Å². The van der Waals surface area contributed by atoms with Crippen LogP contribution in [0.2, 0.25) is 0 Å². The molecule has 2 heterocycles. The fourth-order valence-corrected chi connectivity index (χ4v) is 4.03. The van der Waals surface area contributed by atoms with Gasteiger partial charge in [-0.25, -0.2) is 8.42 Å². The Labute approximate surface area is 121 Å². The molecule has 0 bridgehead atoms. The Balaban J connectivity index is 1.95. The summed E-state index contributed by atoms with van der Waals surface area (Å²) in [4.78, 5) is 3.94. The van der Waals surface area contributed by atoms with Crippen LogP contribution in [0.4, 0.5) is 0 Å². The molecule has 0 saturated carbocycles. The van der Waals surface area contributed by atoms with E-state index >= 15 is 0 Å². The van der Waals surface area contributed by atoms with E-state index in [0.717, 1.165) is 25.0 Å². The number of pyridine rings is 1. The van der Waals surface area contributed by atoms with Gasteiger partial charge in [-0.3, -0.25) is 4.98 Å². The average molecular weight is 298 g/mol. The lowest BCUT2D eigenvalue weighted by molar-refractivity contribution is 0.129. The summed E-state index contributed by atoms with van der Waals surface area (Å²) in [5, 5.41) is 0. The highest BCUT2D eigenvalue weighted by atomic mass is 32.2. The molecule has 1 aromatic rings. The number of hydrogen-bond donors (Lipinski definition) is 0. The van der Waals surface area contributed by atoms with E-state index in [9.17, 15) is 8.42 Å². The third kappa shape index (κ3) is 4.18. The quantitative estimate of drug-likeness (QED) is 0.806. The first-order valence-corrected chi connectivity index (χ1v) is 8.77. The van der Waals surface area contributed by atoms with Gasteiger partial charge in [-0.05, 0) is 31.4 Å². The van der Waals surface area contributed by atoms with Crippen LogP contribution in [0.15, 0.2) is 24.5 Å². The number of hydrogen-bond acceptors (Lipinski definition) is 4. The van der Waals surface area contributed by atoms with Crippen LogP contribution in [-0.2, 0) is 10.0 Å². The normalized spacial score (nSPS) is 20.8. The summed E-state index contributed by atoms with van der Waals surface area (Å²) in [6, 6.07) is 3.59. The molecule has 0 amide bonds. The SMILES string of the molecule is CCCCS(=O)(=O)N1CCC[C@H](Oc2ccncc2)C1. The van der Waals surface area contributed by atoms with Crippen LogP contribution in [0.25, 0.3) is 0 Å². The summed E-state index contributed by atoms with van der Waals surface area (Å²) in [6.45, 7) is 3.07. The zero-order chi connectivity index (χ0) is 14.4. The van der Waals surface area contributed by atoms with Gasteiger partial charge in [0.1, 0.15) is 11.9 Å². The maximum Gasteiger partial charge on any atom is 0.214 e. The summed E-state index contributed by atoms with van der Waals surface area (Å²) in [5.74, 6) is 0.990. The molecule has 0 N–H and O–H groups in total. The topological polar surface area (TPSA) is 59.5 Å². The van der Waals surface area contributed by atoms with Crippen molar-refractivity contribution >= 4 is 10.0 Å². The second-order valence-electron chi connectivity index (χ2n) is 5.09. The van der Waals surface area contributed by atoms with E-state index in [1.807, 2.05) is 6.92 Å². The number of ether oxygens (including phenoxy) is 1. The molecular formula is C14H22N2O3S. The van der Waals surface area contributed by atoms with Crippen LogP contribution in [0.3, 0.4) is 0 Å². The van der Waals surface area contributed by atoms with Gasteiger partial charge in [0.05, 0.1) is 12.3 Å². The number of unbranched alkanes of at least 4 members (excludes halogenated alkanes) is 1. The van der Waals surface area contributed by atoms with Crippen LogP contribution in [0, 0.1) is 0 Å². The largest absolute Gasteiger partial charge is 0.489 e. The lowest BCUT2D eigenvalue weighted by Gasteiger charge is -2.32. The van der Waals surface area contributed by atoms with Crippen molar-refractivity contribution in [3.63, 3.8) is 0 Å². The molecule has 1 aliphatic rings. The molecule has 1 aromatic heterocycles. The summed E-state index contributed by atoms with van der Waals surface area (Å²) in [7, 11) is -3.13. The summed E-state index contributed by atoms with van der Waals surface area (Å²) in [5.41, 5.74) is 0. The molecule has 5 nitrogen and oxygen atoms in total. The molecule has 1 fully saturated rings. The Hall–Kier alpha value is -1.14. The number of aromatic nitrogens is 1. The van der Waals surface area contributed by atoms with Crippen LogP contribution in [0.5, 0.6) is 5.75 Å². The third-order valence-corrected chi connectivity index (χ3v) is 5.37. The van der Waals surface area contributed by atoms with E-state index < -0.39 is 10.0 Å². The summed E-state index contributed by atoms with van der Waals surface area (Å²) < 4.78 is 31.8. The highest BCUT2D eigenvalue weighted by Crippen LogP contribution is 2.20. The first-order chi connectivity index (χ1) is 9.62. The van der Waals surface area contributed by atoms with Crippen molar-refractivity contribution in [2.75, 3.05) is 18.8 Å². The lowest BCUT2D eigenvalue weighted by atomic mass is 10.1. The molecular weight excluding hydrogens is 276 g/mol. The van der Waals surface area contributed by atoms with Crippen molar-refractivity contribution in [3.8, 4) is 5.75 Å². The smallest absolute Gasteiger partial charge is 0.214 e. The fourth-order valence-electron chi connectivity index (χ4n) is 2.32. The molecule has 0 aliphatic carbocycles. The fraction of sp³-hybridized carbons (Fsp3) is 0.643. The van der Waals surface area contributed by atoms with Crippen molar-refractivity contribution < 1.29 is 13.2 Å². The van der Waals surface area contributed by atoms with Gasteiger partial charge < -0.3 is 4.74 Å². The minimum Gasteiger partial charge on any atom is -0.489 e. The predicted molar refractivity (Wildman–Crippen MR) is 78.2 cm³/mol. The monoisotopic (exact) mass is 298 g/mol.